The van der Waals surface area contributed by atoms with E-state index in [1.807, 2.05) is 4.90 Å². The van der Waals surface area contributed by atoms with Crippen LogP contribution in [0.1, 0.15) is 31.4 Å². The summed E-state index contributed by atoms with van der Waals surface area (Å²) in [5.74, 6) is 0.440. The molecule has 0 aromatic heterocycles. The first-order chi connectivity index (χ1) is 9.70. The summed E-state index contributed by atoms with van der Waals surface area (Å²) in [5.41, 5.74) is 2.71. The Morgan fingerprint density at radius 2 is 1.80 bits per heavy atom. The molecule has 1 aromatic carbocycles. The quantitative estimate of drug-likeness (QED) is 0.893. The molecular formula is C17H26N2O. The van der Waals surface area contributed by atoms with Crippen LogP contribution in [0.4, 0.5) is 0 Å². The second-order valence-electron chi connectivity index (χ2n) is 5.69. The summed E-state index contributed by atoms with van der Waals surface area (Å²) in [6.45, 7) is 7.80. The van der Waals surface area contributed by atoms with Crippen molar-refractivity contribution in [3.05, 3.63) is 35.4 Å². The van der Waals surface area contributed by atoms with Crippen LogP contribution in [-0.2, 0) is 17.6 Å². The maximum atomic E-state index is 12.3. The molecule has 1 aliphatic rings. The number of amides is 1. The lowest BCUT2D eigenvalue weighted by Crippen LogP contribution is -2.48. The van der Waals surface area contributed by atoms with Crippen LogP contribution in [0.2, 0.25) is 0 Å². The van der Waals surface area contributed by atoms with Crippen molar-refractivity contribution in [2.75, 3.05) is 26.2 Å². The number of carbonyl (C=O) groups excluding carboxylic acids is 1. The molecule has 0 bridgehead atoms. The van der Waals surface area contributed by atoms with Crippen molar-refractivity contribution >= 4 is 5.91 Å². The summed E-state index contributed by atoms with van der Waals surface area (Å²) < 4.78 is 0. The first-order valence-corrected chi connectivity index (χ1v) is 7.78. The van der Waals surface area contributed by atoms with E-state index in [2.05, 4.69) is 43.4 Å². The number of nitrogens with zero attached hydrogens (tertiary/aromatic N) is 1. The van der Waals surface area contributed by atoms with Crippen molar-refractivity contribution < 1.29 is 4.79 Å². The minimum absolute atomic E-state index is 0.124. The molecule has 20 heavy (non-hydrogen) atoms. The fourth-order valence-electron chi connectivity index (χ4n) is 2.65. The summed E-state index contributed by atoms with van der Waals surface area (Å²) in [6.07, 6.45) is 3.01. The van der Waals surface area contributed by atoms with Gasteiger partial charge in [-0.05, 0) is 30.4 Å². The molecule has 3 nitrogen and oxygen atoms in total. The molecule has 0 spiro atoms. The van der Waals surface area contributed by atoms with E-state index >= 15 is 0 Å². The van der Waals surface area contributed by atoms with Gasteiger partial charge in [-0.25, -0.2) is 0 Å². The molecule has 0 radical (unpaired) electrons. The Labute approximate surface area is 122 Å². The highest BCUT2D eigenvalue weighted by Crippen LogP contribution is 2.14. The van der Waals surface area contributed by atoms with E-state index in [1.54, 1.807) is 0 Å². The Bertz CT molecular complexity index is 421. The van der Waals surface area contributed by atoms with E-state index in [1.165, 1.54) is 11.1 Å². The number of hydrogen-bond donors (Lipinski definition) is 1. The third-order valence-corrected chi connectivity index (χ3v) is 4.15. The maximum Gasteiger partial charge on any atom is 0.225 e. The standard InChI is InChI=1S/C17H26N2O/c1-3-15-6-8-16(9-7-15)5-4-14(2)17(20)19-12-10-18-11-13-19/h6-9,14,18H,3-5,10-13H2,1-2H3. The first-order valence-electron chi connectivity index (χ1n) is 7.78. The van der Waals surface area contributed by atoms with E-state index in [9.17, 15) is 4.79 Å². The van der Waals surface area contributed by atoms with Crippen LogP contribution in [0.25, 0.3) is 0 Å². The van der Waals surface area contributed by atoms with Gasteiger partial charge in [0, 0.05) is 32.1 Å². The second kappa shape index (κ2) is 7.44. The summed E-state index contributed by atoms with van der Waals surface area (Å²) >= 11 is 0. The Kier molecular flexibility index (Phi) is 5.60. The molecule has 1 heterocycles. The molecule has 1 atom stereocenters. The molecule has 1 fully saturated rings. The number of aryl methyl sites for hydroxylation is 2. The molecule has 0 saturated carbocycles. The average Bonchev–Trinajstić information content (AvgIpc) is 2.53. The number of piperazine rings is 1. The van der Waals surface area contributed by atoms with Crippen molar-refractivity contribution in [3.8, 4) is 0 Å². The zero-order valence-corrected chi connectivity index (χ0v) is 12.7. The van der Waals surface area contributed by atoms with Gasteiger partial charge in [-0.1, -0.05) is 38.1 Å². The highest BCUT2D eigenvalue weighted by Gasteiger charge is 2.21. The van der Waals surface area contributed by atoms with Gasteiger partial charge in [0.1, 0.15) is 0 Å². The third kappa shape index (κ3) is 4.07. The lowest BCUT2D eigenvalue weighted by molar-refractivity contribution is -0.135. The van der Waals surface area contributed by atoms with Gasteiger partial charge >= 0.3 is 0 Å². The number of nitrogens with one attached hydrogen (secondary N) is 1. The van der Waals surface area contributed by atoms with Gasteiger partial charge in [-0.15, -0.1) is 0 Å². The predicted octanol–water partition coefficient (Wildman–Crippen LogP) is 2.25. The summed E-state index contributed by atoms with van der Waals surface area (Å²) in [7, 11) is 0. The van der Waals surface area contributed by atoms with Crippen LogP contribution in [0, 0.1) is 5.92 Å². The number of benzene rings is 1. The van der Waals surface area contributed by atoms with E-state index in [0.29, 0.717) is 5.91 Å². The largest absolute Gasteiger partial charge is 0.340 e. The monoisotopic (exact) mass is 274 g/mol. The van der Waals surface area contributed by atoms with Gasteiger partial charge in [0.2, 0.25) is 5.91 Å². The third-order valence-electron chi connectivity index (χ3n) is 4.15. The Morgan fingerprint density at radius 1 is 1.20 bits per heavy atom. The summed E-state index contributed by atoms with van der Waals surface area (Å²) in [5, 5.41) is 3.28. The van der Waals surface area contributed by atoms with Crippen LogP contribution >= 0.6 is 0 Å². The van der Waals surface area contributed by atoms with Crippen LogP contribution in [-0.4, -0.2) is 37.0 Å². The molecule has 1 amide bonds. The first kappa shape index (κ1) is 15.0. The highest BCUT2D eigenvalue weighted by molar-refractivity contribution is 5.78. The molecule has 1 aromatic rings. The zero-order chi connectivity index (χ0) is 14.4. The second-order valence-corrected chi connectivity index (χ2v) is 5.69. The fraction of sp³-hybridized carbons (Fsp3) is 0.588. The highest BCUT2D eigenvalue weighted by atomic mass is 16.2. The van der Waals surface area contributed by atoms with Crippen LogP contribution in [0.3, 0.4) is 0 Å². The van der Waals surface area contributed by atoms with E-state index in [4.69, 9.17) is 0 Å². The molecule has 1 aliphatic heterocycles. The van der Waals surface area contributed by atoms with Crippen molar-refractivity contribution in [3.63, 3.8) is 0 Å². The van der Waals surface area contributed by atoms with Crippen molar-refractivity contribution in [2.45, 2.75) is 33.1 Å². The smallest absolute Gasteiger partial charge is 0.225 e. The summed E-state index contributed by atoms with van der Waals surface area (Å²) in [6, 6.07) is 8.78. The Balaban J connectivity index is 1.81. The Hall–Kier alpha value is -1.35. The molecule has 3 heteroatoms. The molecule has 2 rings (SSSR count). The van der Waals surface area contributed by atoms with Crippen LogP contribution < -0.4 is 5.32 Å². The maximum absolute atomic E-state index is 12.3. The van der Waals surface area contributed by atoms with Crippen LogP contribution in [0.5, 0.6) is 0 Å². The van der Waals surface area contributed by atoms with E-state index in [0.717, 1.165) is 45.4 Å². The van der Waals surface area contributed by atoms with Gasteiger partial charge < -0.3 is 10.2 Å². The summed E-state index contributed by atoms with van der Waals surface area (Å²) in [4.78, 5) is 14.3. The molecule has 1 N–H and O–H groups in total. The molecule has 1 saturated heterocycles. The molecular weight excluding hydrogens is 248 g/mol. The lowest BCUT2D eigenvalue weighted by atomic mass is 9.98. The molecule has 1 unspecified atom stereocenters. The zero-order valence-electron chi connectivity index (χ0n) is 12.7. The molecule has 110 valence electrons. The van der Waals surface area contributed by atoms with Crippen LogP contribution in [0.15, 0.2) is 24.3 Å². The minimum atomic E-state index is 0.124. The number of carbonyl (C=O) groups is 1. The van der Waals surface area contributed by atoms with Crippen molar-refractivity contribution in [1.82, 2.24) is 10.2 Å². The fourth-order valence-corrected chi connectivity index (χ4v) is 2.65. The normalized spacial score (nSPS) is 17.0. The predicted molar refractivity (Wildman–Crippen MR) is 82.8 cm³/mol. The number of hydrogen-bond acceptors (Lipinski definition) is 2. The number of rotatable bonds is 5. The van der Waals surface area contributed by atoms with Gasteiger partial charge in [0.05, 0.1) is 0 Å². The van der Waals surface area contributed by atoms with E-state index < -0.39 is 0 Å². The molecule has 0 aliphatic carbocycles. The SMILES string of the molecule is CCc1ccc(CCC(C)C(=O)N2CCNCC2)cc1. The van der Waals surface area contributed by atoms with Gasteiger partial charge in [-0.2, -0.15) is 0 Å². The minimum Gasteiger partial charge on any atom is -0.340 e. The van der Waals surface area contributed by atoms with Crippen molar-refractivity contribution in [1.29, 1.82) is 0 Å². The average molecular weight is 274 g/mol. The van der Waals surface area contributed by atoms with Gasteiger partial charge in [-0.3, -0.25) is 4.79 Å². The Morgan fingerprint density at radius 3 is 2.40 bits per heavy atom. The van der Waals surface area contributed by atoms with Gasteiger partial charge in [0.25, 0.3) is 0 Å². The lowest BCUT2D eigenvalue weighted by Gasteiger charge is -2.29. The van der Waals surface area contributed by atoms with E-state index in [-0.39, 0.29) is 5.92 Å². The van der Waals surface area contributed by atoms with Gasteiger partial charge in [0.15, 0.2) is 0 Å². The topological polar surface area (TPSA) is 32.3 Å². The van der Waals surface area contributed by atoms with Crippen molar-refractivity contribution in [2.24, 2.45) is 5.92 Å².